The summed E-state index contributed by atoms with van der Waals surface area (Å²) in [5.74, 6) is -0.840. The molecule has 1 N–H and O–H groups in total. The Balaban J connectivity index is 2.11. The average molecular weight is 373 g/mol. The Kier molecular flexibility index (Phi) is 6.69. The van der Waals surface area contributed by atoms with Crippen LogP contribution in [-0.4, -0.2) is 28.4 Å². The lowest BCUT2D eigenvalue weighted by atomic mass is 10.0. The van der Waals surface area contributed by atoms with Crippen LogP contribution in [0.25, 0.3) is 0 Å². The molecule has 2 rings (SSSR count). The molecule has 1 amide bonds. The summed E-state index contributed by atoms with van der Waals surface area (Å²) in [6.45, 7) is 5.59. The van der Waals surface area contributed by atoms with E-state index in [4.69, 9.17) is 4.74 Å². The summed E-state index contributed by atoms with van der Waals surface area (Å²) < 4.78 is 17.0. The number of carbonyl (C=O) groups excluding carboxylic acids is 2. The number of esters is 1. The highest BCUT2D eigenvalue weighted by Gasteiger charge is 2.22. The largest absolute Gasteiger partial charge is 0.449 e. The van der Waals surface area contributed by atoms with Gasteiger partial charge in [-0.05, 0) is 36.6 Å². The molecule has 2 atom stereocenters. The van der Waals surface area contributed by atoms with Gasteiger partial charge in [-0.3, -0.25) is 9.00 Å². The Morgan fingerprint density at radius 2 is 1.62 bits per heavy atom. The van der Waals surface area contributed by atoms with Crippen molar-refractivity contribution in [2.45, 2.75) is 37.7 Å². The third-order valence-corrected chi connectivity index (χ3v) is 4.89. The van der Waals surface area contributed by atoms with Gasteiger partial charge < -0.3 is 10.1 Å². The zero-order chi connectivity index (χ0) is 19.3. The molecule has 0 heterocycles. The molecular formula is C20H23NO4S. The second-order valence-corrected chi connectivity index (χ2v) is 7.58. The van der Waals surface area contributed by atoms with E-state index < -0.39 is 28.8 Å². The lowest BCUT2D eigenvalue weighted by Crippen LogP contribution is -2.30. The first-order valence-corrected chi connectivity index (χ1v) is 9.90. The number of carbonyl (C=O) groups is 2. The molecule has 0 saturated carbocycles. The van der Waals surface area contributed by atoms with Gasteiger partial charge in [0.15, 0.2) is 6.10 Å². The van der Waals surface area contributed by atoms with Gasteiger partial charge in [0.25, 0.3) is 5.91 Å². The van der Waals surface area contributed by atoms with E-state index in [0.29, 0.717) is 10.6 Å². The summed E-state index contributed by atoms with van der Waals surface area (Å²) in [6, 6.07) is 14.0. The number of amides is 1. The zero-order valence-electron chi connectivity index (χ0n) is 15.3. The Morgan fingerprint density at radius 1 is 1.00 bits per heavy atom. The molecule has 0 spiro atoms. The first-order chi connectivity index (χ1) is 12.3. The van der Waals surface area contributed by atoms with Gasteiger partial charge in [-0.15, -0.1) is 0 Å². The molecule has 0 radical (unpaired) electrons. The van der Waals surface area contributed by atoms with Crippen LogP contribution in [0.5, 0.6) is 0 Å². The molecule has 0 saturated heterocycles. The number of para-hydroxylation sites is 1. The van der Waals surface area contributed by atoms with Crippen molar-refractivity contribution in [1.29, 1.82) is 0 Å². The van der Waals surface area contributed by atoms with Crippen molar-refractivity contribution in [3.63, 3.8) is 0 Å². The summed E-state index contributed by atoms with van der Waals surface area (Å²) in [4.78, 5) is 25.2. The van der Waals surface area contributed by atoms with Crippen molar-refractivity contribution in [2.75, 3.05) is 11.6 Å². The average Bonchev–Trinajstić information content (AvgIpc) is 2.61. The minimum atomic E-state index is -1.33. The maximum Gasteiger partial charge on any atom is 0.340 e. The smallest absolute Gasteiger partial charge is 0.340 e. The van der Waals surface area contributed by atoms with Crippen molar-refractivity contribution in [2.24, 2.45) is 0 Å². The Labute approximate surface area is 156 Å². The second kappa shape index (κ2) is 8.76. The third-order valence-electron chi connectivity index (χ3n) is 3.91. The Morgan fingerprint density at radius 3 is 2.27 bits per heavy atom. The maximum absolute atomic E-state index is 12.4. The predicted octanol–water partition coefficient (Wildman–Crippen LogP) is 3.73. The predicted molar refractivity (Wildman–Crippen MR) is 103 cm³/mol. The van der Waals surface area contributed by atoms with Crippen LogP contribution in [0.1, 0.15) is 42.6 Å². The van der Waals surface area contributed by atoms with Crippen molar-refractivity contribution >= 4 is 28.4 Å². The van der Waals surface area contributed by atoms with Gasteiger partial charge in [0.2, 0.25) is 0 Å². The van der Waals surface area contributed by atoms with E-state index in [1.165, 1.54) is 19.2 Å². The quantitative estimate of drug-likeness (QED) is 0.783. The minimum absolute atomic E-state index is 0.204. The van der Waals surface area contributed by atoms with E-state index in [1.807, 2.05) is 38.1 Å². The van der Waals surface area contributed by atoms with Crippen LogP contribution in [0.15, 0.2) is 53.4 Å². The summed E-state index contributed by atoms with van der Waals surface area (Å²) in [7, 11) is -1.33. The highest BCUT2D eigenvalue weighted by atomic mass is 32.2. The monoisotopic (exact) mass is 373 g/mol. The summed E-state index contributed by atoms with van der Waals surface area (Å²) in [5.41, 5.74) is 1.91. The molecule has 0 bridgehead atoms. The number of ether oxygens (including phenoxy) is 1. The van der Waals surface area contributed by atoms with Gasteiger partial charge in [0, 0.05) is 11.9 Å². The van der Waals surface area contributed by atoms with E-state index in [0.717, 1.165) is 5.56 Å². The van der Waals surface area contributed by atoms with Crippen molar-refractivity contribution in [1.82, 2.24) is 0 Å². The second-order valence-electron chi connectivity index (χ2n) is 6.23. The first kappa shape index (κ1) is 19.8. The van der Waals surface area contributed by atoms with Crippen LogP contribution in [0.4, 0.5) is 5.69 Å². The van der Waals surface area contributed by atoms with Crippen molar-refractivity contribution in [3.05, 3.63) is 59.7 Å². The fourth-order valence-electron chi connectivity index (χ4n) is 2.51. The van der Waals surface area contributed by atoms with Crippen molar-refractivity contribution in [3.8, 4) is 0 Å². The number of hydrogen-bond donors (Lipinski definition) is 1. The standard InChI is InChI=1S/C20H23NO4S/c1-13(2)15-9-5-7-11-17(15)21-19(22)14(3)25-20(23)16-10-6-8-12-18(16)26(4)24/h5-14H,1-4H3,(H,21,22)/t14-,26-/m0/s1. The number of nitrogens with one attached hydrogen (secondary N) is 1. The van der Waals surface area contributed by atoms with Gasteiger partial charge in [-0.25, -0.2) is 4.79 Å². The number of rotatable bonds is 6. The molecule has 2 aromatic carbocycles. The van der Waals surface area contributed by atoms with Gasteiger partial charge in [-0.1, -0.05) is 44.2 Å². The van der Waals surface area contributed by atoms with Crippen molar-refractivity contribution < 1.29 is 18.5 Å². The molecule has 0 aromatic heterocycles. The summed E-state index contributed by atoms with van der Waals surface area (Å²) >= 11 is 0. The molecule has 0 aliphatic rings. The lowest BCUT2D eigenvalue weighted by molar-refractivity contribution is -0.123. The lowest BCUT2D eigenvalue weighted by Gasteiger charge is -2.17. The van der Waals surface area contributed by atoms with Crippen LogP contribution < -0.4 is 5.32 Å². The topological polar surface area (TPSA) is 72.5 Å². The molecule has 138 valence electrons. The molecule has 6 heteroatoms. The normalized spacial score (nSPS) is 13.1. The minimum Gasteiger partial charge on any atom is -0.449 e. The fraction of sp³-hybridized carbons (Fsp3) is 0.300. The van der Waals surface area contributed by atoms with Gasteiger partial charge in [0.1, 0.15) is 0 Å². The summed E-state index contributed by atoms with van der Waals surface area (Å²) in [5, 5.41) is 2.81. The van der Waals surface area contributed by atoms with Crippen LogP contribution >= 0.6 is 0 Å². The highest BCUT2D eigenvalue weighted by Crippen LogP contribution is 2.24. The maximum atomic E-state index is 12.4. The summed E-state index contributed by atoms with van der Waals surface area (Å²) in [6.07, 6.45) is 0.506. The Hall–Kier alpha value is -2.47. The SMILES string of the molecule is CC(C)c1ccccc1NC(=O)[C@H](C)OC(=O)c1ccccc1[S@](C)=O. The van der Waals surface area contributed by atoms with Crippen LogP contribution in [0.2, 0.25) is 0 Å². The number of anilines is 1. The molecule has 0 aliphatic carbocycles. The number of hydrogen-bond acceptors (Lipinski definition) is 4. The van der Waals surface area contributed by atoms with Gasteiger partial charge in [-0.2, -0.15) is 0 Å². The molecule has 2 aromatic rings. The molecule has 0 fully saturated rings. The van der Waals surface area contributed by atoms with E-state index in [2.05, 4.69) is 5.32 Å². The van der Waals surface area contributed by atoms with Crippen LogP contribution in [0, 0.1) is 0 Å². The fourth-order valence-corrected chi connectivity index (χ4v) is 3.24. The third kappa shape index (κ3) is 4.79. The Bertz CT molecular complexity index is 832. The first-order valence-electron chi connectivity index (χ1n) is 8.34. The van der Waals surface area contributed by atoms with Gasteiger partial charge in [0.05, 0.1) is 21.3 Å². The molecule has 26 heavy (non-hydrogen) atoms. The molecular weight excluding hydrogens is 350 g/mol. The number of benzene rings is 2. The zero-order valence-corrected chi connectivity index (χ0v) is 16.1. The van der Waals surface area contributed by atoms with E-state index in [-0.39, 0.29) is 11.5 Å². The van der Waals surface area contributed by atoms with Crippen LogP contribution in [-0.2, 0) is 20.3 Å². The molecule has 0 unspecified atom stereocenters. The highest BCUT2D eigenvalue weighted by molar-refractivity contribution is 7.84. The molecule has 0 aliphatic heterocycles. The van der Waals surface area contributed by atoms with Gasteiger partial charge >= 0.3 is 5.97 Å². The molecule has 5 nitrogen and oxygen atoms in total. The van der Waals surface area contributed by atoms with E-state index in [9.17, 15) is 13.8 Å². The van der Waals surface area contributed by atoms with Crippen LogP contribution in [0.3, 0.4) is 0 Å². The van der Waals surface area contributed by atoms with E-state index in [1.54, 1.807) is 18.2 Å². The van der Waals surface area contributed by atoms with E-state index >= 15 is 0 Å².